The number of anilines is 2. The zero-order chi connectivity index (χ0) is 29.4. The van der Waals surface area contributed by atoms with Gasteiger partial charge in [-0.25, -0.2) is 14.6 Å². The summed E-state index contributed by atoms with van der Waals surface area (Å²) in [5, 5.41) is 7.32. The highest BCUT2D eigenvalue weighted by molar-refractivity contribution is 6.07. The van der Waals surface area contributed by atoms with Crippen LogP contribution in [0.4, 0.5) is 11.5 Å². The Bertz CT molecular complexity index is 1600. The van der Waals surface area contributed by atoms with Crippen molar-refractivity contribution in [1.82, 2.24) is 29.5 Å². The molecule has 0 bridgehead atoms. The highest BCUT2D eigenvalue weighted by atomic mass is 16.5. The van der Waals surface area contributed by atoms with Crippen LogP contribution in [-0.4, -0.2) is 82.3 Å². The van der Waals surface area contributed by atoms with Crippen molar-refractivity contribution in [2.75, 3.05) is 57.9 Å². The first-order chi connectivity index (χ1) is 20.2. The van der Waals surface area contributed by atoms with Crippen LogP contribution in [0.3, 0.4) is 0 Å². The summed E-state index contributed by atoms with van der Waals surface area (Å²) in [5.41, 5.74) is 12.4. The standard InChI is InChI=1S/C32H38N8O2/c1-32(2)18-22-19-34-31(36-28(22)25-10-9-24(42-4)17-27(25)32)40-20-26(29(33)37-40)30(41)35-23-7-5-21(6-8-23)11-12-39-15-13-38(3)14-16-39/h5-10,17,19-20H,11-16,18H2,1-4H3,(H2,33,37)(H,35,41). The van der Waals surface area contributed by atoms with Gasteiger partial charge in [-0.15, -0.1) is 5.10 Å². The summed E-state index contributed by atoms with van der Waals surface area (Å²) >= 11 is 0. The number of nitrogen functional groups attached to an aromatic ring is 1. The largest absolute Gasteiger partial charge is 0.497 e. The highest BCUT2D eigenvalue weighted by Crippen LogP contribution is 2.43. The van der Waals surface area contributed by atoms with Gasteiger partial charge in [-0.1, -0.05) is 26.0 Å². The normalized spacial score (nSPS) is 16.5. The number of amides is 1. The first kappa shape index (κ1) is 27.9. The van der Waals surface area contributed by atoms with E-state index in [9.17, 15) is 4.79 Å². The Morgan fingerprint density at radius 1 is 1.10 bits per heavy atom. The highest BCUT2D eigenvalue weighted by Gasteiger charge is 2.33. The molecule has 0 radical (unpaired) electrons. The first-order valence-electron chi connectivity index (χ1n) is 14.4. The summed E-state index contributed by atoms with van der Waals surface area (Å²) < 4.78 is 6.94. The second-order valence-electron chi connectivity index (χ2n) is 11.9. The lowest BCUT2D eigenvalue weighted by atomic mass is 9.72. The maximum atomic E-state index is 13.1. The van der Waals surface area contributed by atoms with Crippen molar-refractivity contribution in [1.29, 1.82) is 0 Å². The number of carbonyl (C=O) groups excluding carboxylic acids is 1. The number of carbonyl (C=O) groups is 1. The fraction of sp³-hybridized carbons (Fsp3) is 0.375. The number of ether oxygens (including phenoxy) is 1. The molecule has 2 aromatic carbocycles. The van der Waals surface area contributed by atoms with E-state index in [1.54, 1.807) is 13.3 Å². The fourth-order valence-corrected chi connectivity index (χ4v) is 5.84. The molecule has 2 aromatic heterocycles. The molecule has 4 aromatic rings. The molecule has 218 valence electrons. The number of rotatable bonds is 7. The molecule has 0 unspecified atom stereocenters. The van der Waals surface area contributed by atoms with Gasteiger partial charge in [0.05, 0.1) is 12.8 Å². The van der Waals surface area contributed by atoms with Crippen LogP contribution >= 0.6 is 0 Å². The molecule has 1 saturated heterocycles. The van der Waals surface area contributed by atoms with Gasteiger partial charge in [-0.3, -0.25) is 4.79 Å². The number of nitrogens with two attached hydrogens (primary N) is 1. The Balaban J connectivity index is 1.16. The van der Waals surface area contributed by atoms with E-state index in [1.807, 2.05) is 30.5 Å². The van der Waals surface area contributed by atoms with Crippen LogP contribution in [0.2, 0.25) is 0 Å². The van der Waals surface area contributed by atoms with Gasteiger partial charge in [0.2, 0.25) is 0 Å². The second kappa shape index (κ2) is 11.2. The van der Waals surface area contributed by atoms with E-state index in [2.05, 4.69) is 64.3 Å². The summed E-state index contributed by atoms with van der Waals surface area (Å²) in [7, 11) is 3.84. The Morgan fingerprint density at radius 2 is 1.86 bits per heavy atom. The average molecular weight is 567 g/mol. The van der Waals surface area contributed by atoms with Crippen molar-refractivity contribution in [3.05, 3.63) is 77.1 Å². The van der Waals surface area contributed by atoms with Gasteiger partial charge in [0.25, 0.3) is 11.9 Å². The third-order valence-electron chi connectivity index (χ3n) is 8.41. The molecule has 1 fully saturated rings. The second-order valence-corrected chi connectivity index (χ2v) is 11.9. The summed E-state index contributed by atoms with van der Waals surface area (Å²) in [4.78, 5) is 27.4. The Kier molecular flexibility index (Phi) is 7.42. The molecule has 42 heavy (non-hydrogen) atoms. The minimum absolute atomic E-state index is 0.0913. The number of likely N-dealkylation sites (N-methyl/N-ethyl adjacent to an activating group) is 1. The van der Waals surface area contributed by atoms with Gasteiger partial charge in [-0.2, -0.15) is 0 Å². The third-order valence-corrected chi connectivity index (χ3v) is 8.41. The van der Waals surface area contributed by atoms with E-state index in [-0.39, 0.29) is 22.7 Å². The minimum Gasteiger partial charge on any atom is -0.497 e. The molecule has 10 nitrogen and oxygen atoms in total. The molecule has 6 rings (SSSR count). The smallest absolute Gasteiger partial charge is 0.261 e. The van der Waals surface area contributed by atoms with Crippen LogP contribution in [0.5, 0.6) is 5.75 Å². The number of methoxy groups -OCH3 is 1. The summed E-state index contributed by atoms with van der Waals surface area (Å²) in [6.07, 6.45) is 5.20. The van der Waals surface area contributed by atoms with Crippen molar-refractivity contribution < 1.29 is 9.53 Å². The van der Waals surface area contributed by atoms with E-state index < -0.39 is 0 Å². The van der Waals surface area contributed by atoms with Crippen LogP contribution in [0, 0.1) is 0 Å². The molecule has 0 spiro atoms. The van der Waals surface area contributed by atoms with Crippen LogP contribution in [0.15, 0.2) is 54.9 Å². The average Bonchev–Trinajstić information content (AvgIpc) is 3.38. The molecule has 1 aliphatic heterocycles. The fourth-order valence-electron chi connectivity index (χ4n) is 5.84. The van der Waals surface area contributed by atoms with Crippen molar-refractivity contribution in [2.45, 2.75) is 32.1 Å². The number of benzene rings is 2. The maximum Gasteiger partial charge on any atom is 0.261 e. The molecule has 3 N–H and O–H groups in total. The van der Waals surface area contributed by atoms with Crippen LogP contribution < -0.4 is 15.8 Å². The first-order valence-corrected chi connectivity index (χ1v) is 14.4. The lowest BCUT2D eigenvalue weighted by molar-refractivity contribution is 0.102. The minimum atomic E-state index is -0.332. The number of piperazine rings is 1. The number of nitrogens with one attached hydrogen (secondary N) is 1. The van der Waals surface area contributed by atoms with Gasteiger partial charge < -0.3 is 25.6 Å². The Hall–Kier alpha value is -4.28. The maximum absolute atomic E-state index is 13.1. The van der Waals surface area contributed by atoms with E-state index >= 15 is 0 Å². The number of hydrogen-bond donors (Lipinski definition) is 2. The molecule has 2 aliphatic rings. The van der Waals surface area contributed by atoms with E-state index in [4.69, 9.17) is 15.5 Å². The topological polar surface area (TPSA) is 114 Å². The van der Waals surface area contributed by atoms with Crippen molar-refractivity contribution in [2.24, 2.45) is 0 Å². The summed E-state index contributed by atoms with van der Waals surface area (Å²) in [6, 6.07) is 14.0. The van der Waals surface area contributed by atoms with Crippen molar-refractivity contribution in [3.8, 4) is 23.0 Å². The molecular formula is C32H38N8O2. The van der Waals surface area contributed by atoms with Crippen molar-refractivity contribution in [3.63, 3.8) is 0 Å². The number of nitrogens with zero attached hydrogens (tertiary/aromatic N) is 6. The summed E-state index contributed by atoms with van der Waals surface area (Å²) in [6.45, 7) is 9.91. The van der Waals surface area contributed by atoms with Gasteiger partial charge in [-0.05, 0) is 72.3 Å². The predicted molar refractivity (Wildman–Crippen MR) is 164 cm³/mol. The predicted octanol–water partition coefficient (Wildman–Crippen LogP) is 3.80. The molecule has 1 amide bonds. The van der Waals surface area contributed by atoms with E-state index in [0.29, 0.717) is 11.6 Å². The third kappa shape index (κ3) is 5.60. The lowest BCUT2D eigenvalue weighted by Gasteiger charge is -2.33. The molecule has 3 heterocycles. The van der Waals surface area contributed by atoms with E-state index in [0.717, 1.165) is 68.1 Å². The van der Waals surface area contributed by atoms with E-state index in [1.165, 1.54) is 15.8 Å². The molecule has 1 aliphatic carbocycles. The van der Waals surface area contributed by atoms with Gasteiger partial charge in [0.15, 0.2) is 5.82 Å². The lowest BCUT2D eigenvalue weighted by Crippen LogP contribution is -2.45. The SMILES string of the molecule is COc1ccc2c(c1)C(C)(C)Cc1cnc(-n3cc(C(=O)Nc4ccc(CCN5CCN(C)CC5)cc4)c(N)n3)nc1-2. The number of aromatic nitrogens is 4. The number of hydrogen-bond acceptors (Lipinski definition) is 8. The zero-order valence-electron chi connectivity index (χ0n) is 24.7. The summed E-state index contributed by atoms with van der Waals surface area (Å²) in [5.74, 6) is 0.950. The Labute approximate surface area is 246 Å². The molecule has 10 heteroatoms. The zero-order valence-corrected chi connectivity index (χ0v) is 24.7. The Morgan fingerprint density at radius 3 is 2.60 bits per heavy atom. The van der Waals surface area contributed by atoms with Crippen LogP contribution in [0.25, 0.3) is 17.2 Å². The number of fused-ring (bicyclic) bond motifs is 3. The van der Waals surface area contributed by atoms with Crippen molar-refractivity contribution >= 4 is 17.4 Å². The van der Waals surface area contributed by atoms with Gasteiger partial charge >= 0.3 is 0 Å². The van der Waals surface area contributed by atoms with Crippen LogP contribution in [0.1, 0.15) is 40.9 Å². The molecule has 0 saturated carbocycles. The van der Waals surface area contributed by atoms with Gasteiger partial charge in [0.1, 0.15) is 11.3 Å². The quantitative estimate of drug-likeness (QED) is 0.347. The molecular weight excluding hydrogens is 528 g/mol. The van der Waals surface area contributed by atoms with Gasteiger partial charge in [0, 0.05) is 56.4 Å². The van der Waals surface area contributed by atoms with Crippen LogP contribution in [-0.2, 0) is 18.3 Å². The molecule has 0 atom stereocenters. The monoisotopic (exact) mass is 566 g/mol.